The van der Waals surface area contributed by atoms with Crippen LogP contribution in [0.5, 0.6) is 0 Å². The van der Waals surface area contributed by atoms with Crippen molar-refractivity contribution in [2.45, 2.75) is 0 Å². The molecule has 0 N–H and O–H groups in total. The van der Waals surface area contributed by atoms with E-state index in [1.807, 2.05) is 73.5 Å². The molecule has 0 saturated heterocycles. The molecule has 99 valence electrons. The van der Waals surface area contributed by atoms with E-state index >= 15 is 0 Å². The van der Waals surface area contributed by atoms with Crippen LogP contribution in [0.3, 0.4) is 0 Å². The van der Waals surface area contributed by atoms with E-state index in [1.165, 1.54) is 11.1 Å². The summed E-state index contributed by atoms with van der Waals surface area (Å²) in [5.74, 6) is 0. The first-order valence-corrected chi connectivity index (χ1v) is 6.73. The summed E-state index contributed by atoms with van der Waals surface area (Å²) >= 11 is 0. The van der Waals surface area contributed by atoms with Crippen molar-refractivity contribution in [3.05, 3.63) is 109 Å². The van der Waals surface area contributed by atoms with Crippen LogP contribution in [0.25, 0.3) is 12.2 Å². The predicted molar refractivity (Wildman–Crippen MR) is 88.7 cm³/mol. The summed E-state index contributed by atoms with van der Waals surface area (Å²) < 4.78 is 0. The van der Waals surface area contributed by atoms with Crippen molar-refractivity contribution >= 4 is 12.2 Å². The minimum Gasteiger partial charge on any atom is -0.175 e. The number of allylic oxidation sites excluding steroid dienone is 4. The lowest BCUT2D eigenvalue weighted by atomic mass is 10.2. The van der Waals surface area contributed by atoms with Gasteiger partial charge in [0.1, 0.15) is 0 Å². The van der Waals surface area contributed by atoms with Gasteiger partial charge < -0.3 is 0 Å². The Morgan fingerprint density at radius 1 is 0.600 bits per heavy atom. The van der Waals surface area contributed by atoms with E-state index in [4.69, 9.17) is 0 Å². The summed E-state index contributed by atoms with van der Waals surface area (Å²) in [6.45, 7) is 0. The maximum atomic E-state index is 2.09. The van der Waals surface area contributed by atoms with E-state index < -0.39 is 0 Å². The number of benzene rings is 2. The minimum absolute atomic E-state index is 1.21. The van der Waals surface area contributed by atoms with Crippen molar-refractivity contribution in [2.75, 3.05) is 0 Å². The molecule has 0 nitrogen and oxygen atoms in total. The van der Waals surface area contributed by atoms with Gasteiger partial charge in [-0.25, -0.2) is 0 Å². The summed E-state index contributed by atoms with van der Waals surface area (Å²) in [6, 6.07) is 20.5. The molecule has 0 bridgehead atoms. The van der Waals surface area contributed by atoms with Gasteiger partial charge in [0.2, 0.25) is 0 Å². The second kappa shape index (κ2) is 8.60. The molecular weight excluding hydrogens is 240 g/mol. The summed E-state index contributed by atoms with van der Waals surface area (Å²) in [5.41, 5.74) is 2.43. The van der Waals surface area contributed by atoms with Crippen molar-refractivity contribution in [2.24, 2.45) is 0 Å². The molecule has 2 aromatic rings. The second-order valence-corrected chi connectivity index (χ2v) is 4.31. The summed E-state index contributed by atoms with van der Waals surface area (Å²) in [7, 11) is 0. The monoisotopic (exact) mass is 258 g/mol. The highest BCUT2D eigenvalue weighted by Gasteiger charge is 1.80. The Bertz CT molecular complexity index is 506. The largest absolute Gasteiger partial charge is 0.175 e. The first-order chi connectivity index (χ1) is 9.95. The molecular formula is C20H18-. The van der Waals surface area contributed by atoms with Crippen molar-refractivity contribution in [3.8, 4) is 0 Å². The lowest BCUT2D eigenvalue weighted by Crippen LogP contribution is -1.69. The summed E-state index contributed by atoms with van der Waals surface area (Å²) in [4.78, 5) is 0. The number of rotatable bonds is 6. The van der Waals surface area contributed by atoms with Crippen molar-refractivity contribution < 1.29 is 0 Å². The smallest absolute Gasteiger partial charge is 0.0260 e. The zero-order chi connectivity index (χ0) is 13.9. The van der Waals surface area contributed by atoms with Gasteiger partial charge in [0, 0.05) is 0 Å². The molecule has 2 rings (SSSR count). The van der Waals surface area contributed by atoms with E-state index in [0.29, 0.717) is 0 Å². The molecule has 2 aromatic carbocycles. The molecule has 1 radical (unpaired) electrons. The van der Waals surface area contributed by atoms with Crippen LogP contribution >= 0.6 is 0 Å². The minimum atomic E-state index is 1.21. The fourth-order valence-electron chi connectivity index (χ4n) is 1.72. The quantitative estimate of drug-likeness (QED) is 0.610. The zero-order valence-corrected chi connectivity index (χ0v) is 11.4. The molecule has 0 aliphatic heterocycles. The average Bonchev–Trinajstić information content (AvgIpc) is 2.52. The van der Waals surface area contributed by atoms with Gasteiger partial charge in [-0.15, -0.1) is 0 Å². The zero-order valence-electron chi connectivity index (χ0n) is 11.4. The Morgan fingerprint density at radius 3 is 1.85 bits per heavy atom. The third kappa shape index (κ3) is 5.45. The third-order valence-electron chi connectivity index (χ3n) is 2.73. The molecule has 0 aliphatic rings. The Balaban J connectivity index is 1.67. The molecule has 0 amide bonds. The van der Waals surface area contributed by atoms with Crippen LogP contribution in [-0.4, -0.2) is 0 Å². The van der Waals surface area contributed by atoms with E-state index in [-0.39, 0.29) is 0 Å². The highest BCUT2D eigenvalue weighted by Crippen LogP contribution is 2.03. The van der Waals surface area contributed by atoms with Crippen LogP contribution < -0.4 is 0 Å². The molecule has 0 unspecified atom stereocenters. The Morgan fingerprint density at radius 2 is 1.20 bits per heavy atom. The van der Waals surface area contributed by atoms with Gasteiger partial charge in [0.25, 0.3) is 0 Å². The van der Waals surface area contributed by atoms with Gasteiger partial charge in [-0.05, 0) is 12.0 Å². The van der Waals surface area contributed by atoms with Crippen molar-refractivity contribution in [1.82, 2.24) is 0 Å². The molecule has 0 aromatic heterocycles. The van der Waals surface area contributed by atoms with E-state index in [2.05, 4.69) is 36.4 Å². The molecule has 0 atom stereocenters. The molecule has 20 heavy (non-hydrogen) atoms. The topological polar surface area (TPSA) is 0 Å². The highest BCUT2D eigenvalue weighted by atomic mass is 13.9. The van der Waals surface area contributed by atoms with Crippen LogP contribution in [0.4, 0.5) is 0 Å². The first kappa shape index (κ1) is 14.0. The van der Waals surface area contributed by atoms with Gasteiger partial charge in [-0.3, -0.25) is 0 Å². The summed E-state index contributed by atoms with van der Waals surface area (Å²) in [6.07, 6.45) is 16.4. The van der Waals surface area contributed by atoms with E-state index in [1.54, 1.807) is 0 Å². The average molecular weight is 258 g/mol. The van der Waals surface area contributed by atoms with Gasteiger partial charge in [-0.1, -0.05) is 78.4 Å². The predicted octanol–water partition coefficient (Wildman–Crippen LogP) is 5.38. The van der Waals surface area contributed by atoms with Gasteiger partial charge in [0.05, 0.1) is 0 Å². The number of hydrogen-bond acceptors (Lipinski definition) is 0. The van der Waals surface area contributed by atoms with Crippen LogP contribution in [0, 0.1) is 12.8 Å². The van der Waals surface area contributed by atoms with Crippen LogP contribution in [-0.2, 0) is 0 Å². The molecule has 0 saturated carbocycles. The fraction of sp³-hybridized carbons (Fsp3) is 0. The molecule has 0 spiro atoms. The molecule has 0 heterocycles. The lowest BCUT2D eigenvalue weighted by Gasteiger charge is -1.96. The van der Waals surface area contributed by atoms with Crippen molar-refractivity contribution in [3.63, 3.8) is 0 Å². The van der Waals surface area contributed by atoms with Gasteiger partial charge in [0.15, 0.2) is 0 Å². The van der Waals surface area contributed by atoms with Crippen molar-refractivity contribution in [1.29, 1.82) is 0 Å². The Kier molecular flexibility index (Phi) is 6.00. The fourth-order valence-corrected chi connectivity index (χ4v) is 1.72. The van der Waals surface area contributed by atoms with Crippen LogP contribution in [0.15, 0.2) is 85.0 Å². The van der Waals surface area contributed by atoms with Gasteiger partial charge in [-0.2, -0.15) is 30.7 Å². The molecule has 0 fully saturated rings. The maximum Gasteiger partial charge on any atom is -0.0260 e. The third-order valence-corrected chi connectivity index (χ3v) is 2.73. The highest BCUT2D eigenvalue weighted by molar-refractivity contribution is 5.52. The standard InChI is InChI=1S/C20H18/c1(3-7-13-19-15-9-5-10-16-19)2-4-8-14-20-17-11-6-12-18-20/h1-18H/q-1/b2-1+,13-7+,14-8+. The van der Waals surface area contributed by atoms with Crippen LogP contribution in [0.1, 0.15) is 11.1 Å². The lowest BCUT2D eigenvalue weighted by molar-refractivity contribution is 1.63. The Labute approximate surface area is 121 Å². The van der Waals surface area contributed by atoms with Gasteiger partial charge >= 0.3 is 0 Å². The van der Waals surface area contributed by atoms with Crippen LogP contribution in [0.2, 0.25) is 0 Å². The Hall–Kier alpha value is -2.47. The first-order valence-electron chi connectivity index (χ1n) is 6.73. The van der Waals surface area contributed by atoms with E-state index in [0.717, 1.165) is 0 Å². The maximum absolute atomic E-state index is 2.09. The molecule has 0 heteroatoms. The van der Waals surface area contributed by atoms with E-state index in [9.17, 15) is 0 Å². The number of hydrogen-bond donors (Lipinski definition) is 0. The summed E-state index contributed by atoms with van der Waals surface area (Å²) in [5, 5.41) is 0. The SMILES string of the molecule is [CH](/C=C/[CH-]/C=C/c1ccccc1)/C=C/c1ccccc1. The normalized spacial score (nSPS) is 11.6. The second-order valence-electron chi connectivity index (χ2n) is 4.31. The molecule has 0 aliphatic carbocycles.